The van der Waals surface area contributed by atoms with Crippen LogP contribution in [0.1, 0.15) is 21.5 Å². The molecule has 1 aliphatic heterocycles. The van der Waals surface area contributed by atoms with E-state index in [0.717, 1.165) is 11.1 Å². The first-order valence-corrected chi connectivity index (χ1v) is 11.4. The van der Waals surface area contributed by atoms with Crippen molar-refractivity contribution in [1.82, 2.24) is 4.98 Å². The van der Waals surface area contributed by atoms with Crippen LogP contribution in [0, 0.1) is 24.0 Å². The number of nitrogens with zero attached hydrogens (tertiary/aromatic N) is 3. The number of hydrogen-bond donors (Lipinski definition) is 2. The third-order valence-corrected chi connectivity index (χ3v) is 6.09. The summed E-state index contributed by atoms with van der Waals surface area (Å²) < 4.78 is 11.3. The first-order valence-electron chi connectivity index (χ1n) is 11.4. The number of fused-ring (bicyclic) bond motifs is 1. The van der Waals surface area contributed by atoms with Gasteiger partial charge in [-0.1, -0.05) is 6.07 Å². The molecule has 3 aromatic carbocycles. The Morgan fingerprint density at radius 2 is 1.89 bits per heavy atom. The van der Waals surface area contributed by atoms with E-state index in [0.29, 0.717) is 54.3 Å². The number of phenolic OH excluding ortho intramolecular Hbond substituents is 1. The lowest BCUT2D eigenvalue weighted by Gasteiger charge is -2.30. The zero-order valence-electron chi connectivity index (χ0n) is 19.8. The molecule has 10 heteroatoms. The van der Waals surface area contributed by atoms with Crippen LogP contribution < -0.4 is 10.2 Å². The minimum Gasteiger partial charge on any atom is -0.507 e. The van der Waals surface area contributed by atoms with E-state index in [4.69, 9.17) is 9.15 Å². The average molecular weight is 489 g/mol. The fraction of sp³-hybridized carbons (Fsp3) is 0.231. The number of oxazole rings is 1. The molecule has 0 radical (unpaired) electrons. The number of amides is 1. The Balaban J connectivity index is 1.49. The maximum atomic E-state index is 13.3. The number of aromatic hydroxyl groups is 1. The number of non-ortho nitro benzene ring substituents is 1. The number of aromatic nitrogens is 1. The lowest BCUT2D eigenvalue weighted by molar-refractivity contribution is -0.384. The van der Waals surface area contributed by atoms with Crippen molar-refractivity contribution in [3.8, 4) is 17.2 Å². The van der Waals surface area contributed by atoms with Crippen LogP contribution in [0.5, 0.6) is 5.75 Å². The molecular weight excluding hydrogens is 464 g/mol. The van der Waals surface area contributed by atoms with Gasteiger partial charge < -0.3 is 24.5 Å². The lowest BCUT2D eigenvalue weighted by atomic mass is 10.1. The maximum Gasteiger partial charge on any atom is 0.270 e. The number of rotatable bonds is 5. The molecule has 4 aromatic rings. The maximum absolute atomic E-state index is 13.3. The van der Waals surface area contributed by atoms with Crippen LogP contribution in [-0.4, -0.2) is 47.2 Å². The Labute approximate surface area is 206 Å². The van der Waals surface area contributed by atoms with Gasteiger partial charge in [0.1, 0.15) is 11.3 Å². The molecule has 184 valence electrons. The molecule has 0 aliphatic carbocycles. The Hall–Kier alpha value is -4.44. The third-order valence-electron chi connectivity index (χ3n) is 6.09. The number of benzene rings is 3. The van der Waals surface area contributed by atoms with Crippen molar-refractivity contribution < 1.29 is 24.0 Å². The second-order valence-electron chi connectivity index (χ2n) is 8.69. The zero-order valence-corrected chi connectivity index (χ0v) is 19.8. The second-order valence-corrected chi connectivity index (χ2v) is 8.69. The summed E-state index contributed by atoms with van der Waals surface area (Å²) in [4.78, 5) is 30.6. The smallest absolute Gasteiger partial charge is 0.270 e. The van der Waals surface area contributed by atoms with E-state index in [1.807, 2.05) is 30.9 Å². The molecule has 1 amide bonds. The number of morpholine rings is 1. The van der Waals surface area contributed by atoms with Gasteiger partial charge in [0.15, 0.2) is 5.58 Å². The van der Waals surface area contributed by atoms with Crippen molar-refractivity contribution in [2.75, 3.05) is 36.5 Å². The molecule has 0 atom stereocenters. The first kappa shape index (κ1) is 23.3. The molecule has 1 saturated heterocycles. The number of anilines is 2. The Kier molecular flexibility index (Phi) is 6.03. The number of nitrogens with one attached hydrogen (secondary N) is 1. The van der Waals surface area contributed by atoms with Crippen LogP contribution in [0.2, 0.25) is 0 Å². The van der Waals surface area contributed by atoms with E-state index in [1.54, 1.807) is 18.2 Å². The van der Waals surface area contributed by atoms with Crippen molar-refractivity contribution in [3.05, 3.63) is 75.3 Å². The first-order chi connectivity index (χ1) is 17.3. The van der Waals surface area contributed by atoms with Crippen molar-refractivity contribution in [2.45, 2.75) is 13.8 Å². The largest absolute Gasteiger partial charge is 0.507 e. The van der Waals surface area contributed by atoms with Gasteiger partial charge in [-0.2, -0.15) is 0 Å². The molecule has 2 heterocycles. The summed E-state index contributed by atoms with van der Waals surface area (Å²) in [6.07, 6.45) is 0. The highest BCUT2D eigenvalue weighted by atomic mass is 16.6. The standard InChI is InChI=1S/C26H24N4O6/c1-15-11-16(2)24-21(12-15)28-26(36-24)20-13-17(3-6-23(20)31)27-25(32)19-14-18(30(33)34)4-5-22(19)29-7-9-35-10-8-29/h3-6,11-14,31H,7-10H2,1-2H3,(H,27,32). The number of carbonyl (C=O) groups is 1. The monoisotopic (exact) mass is 488 g/mol. The molecule has 0 bridgehead atoms. The van der Waals surface area contributed by atoms with E-state index in [-0.39, 0.29) is 22.9 Å². The van der Waals surface area contributed by atoms with Gasteiger partial charge in [-0.3, -0.25) is 14.9 Å². The summed E-state index contributed by atoms with van der Waals surface area (Å²) in [6.45, 7) is 6.03. The highest BCUT2D eigenvalue weighted by molar-refractivity contribution is 6.09. The highest BCUT2D eigenvalue weighted by Gasteiger charge is 2.23. The van der Waals surface area contributed by atoms with Gasteiger partial charge in [-0.15, -0.1) is 0 Å². The van der Waals surface area contributed by atoms with E-state index in [1.165, 1.54) is 18.2 Å². The topological polar surface area (TPSA) is 131 Å². The van der Waals surface area contributed by atoms with E-state index >= 15 is 0 Å². The number of hydrogen-bond acceptors (Lipinski definition) is 8. The summed E-state index contributed by atoms with van der Waals surface area (Å²) in [7, 11) is 0. The van der Waals surface area contributed by atoms with Crippen LogP contribution in [0.25, 0.3) is 22.6 Å². The van der Waals surface area contributed by atoms with Crippen LogP contribution in [-0.2, 0) is 4.74 Å². The number of nitro benzene ring substituents is 1. The Bertz CT molecular complexity index is 1490. The minimum absolute atomic E-state index is 0.0571. The average Bonchev–Trinajstić information content (AvgIpc) is 3.29. The number of carbonyl (C=O) groups excluding carboxylic acids is 1. The van der Waals surface area contributed by atoms with Crippen LogP contribution in [0.15, 0.2) is 52.9 Å². The van der Waals surface area contributed by atoms with Gasteiger partial charge in [0.05, 0.1) is 35.0 Å². The van der Waals surface area contributed by atoms with Crippen molar-refractivity contribution >= 4 is 34.1 Å². The van der Waals surface area contributed by atoms with Crippen LogP contribution >= 0.6 is 0 Å². The predicted octanol–water partition coefficient (Wildman–Crippen LogP) is 4.81. The van der Waals surface area contributed by atoms with Gasteiger partial charge in [-0.25, -0.2) is 4.98 Å². The molecular formula is C26H24N4O6. The van der Waals surface area contributed by atoms with Crippen molar-refractivity contribution in [1.29, 1.82) is 0 Å². The fourth-order valence-electron chi connectivity index (χ4n) is 4.37. The van der Waals surface area contributed by atoms with Gasteiger partial charge >= 0.3 is 0 Å². The molecule has 0 saturated carbocycles. The molecule has 0 spiro atoms. The van der Waals surface area contributed by atoms with E-state index < -0.39 is 10.8 Å². The summed E-state index contributed by atoms with van der Waals surface area (Å²) in [5.74, 6) is -0.351. The Morgan fingerprint density at radius 3 is 2.64 bits per heavy atom. The summed E-state index contributed by atoms with van der Waals surface area (Å²) in [5, 5.41) is 24.7. The van der Waals surface area contributed by atoms with Crippen LogP contribution in [0.3, 0.4) is 0 Å². The number of ether oxygens (including phenoxy) is 1. The lowest BCUT2D eigenvalue weighted by Crippen LogP contribution is -2.37. The molecule has 1 aliphatic rings. The molecule has 0 unspecified atom stereocenters. The summed E-state index contributed by atoms with van der Waals surface area (Å²) >= 11 is 0. The molecule has 1 aromatic heterocycles. The van der Waals surface area contributed by atoms with Gasteiger partial charge in [-0.05, 0) is 55.3 Å². The second kappa shape index (κ2) is 9.31. The molecule has 36 heavy (non-hydrogen) atoms. The highest BCUT2D eigenvalue weighted by Crippen LogP contribution is 2.35. The molecule has 1 fully saturated rings. The van der Waals surface area contributed by atoms with Gasteiger partial charge in [0.2, 0.25) is 5.89 Å². The number of phenols is 1. The number of aryl methyl sites for hydroxylation is 2. The van der Waals surface area contributed by atoms with Crippen LogP contribution in [0.4, 0.5) is 17.1 Å². The summed E-state index contributed by atoms with van der Waals surface area (Å²) in [5.41, 5.74) is 4.53. The van der Waals surface area contributed by atoms with Gasteiger partial charge in [0.25, 0.3) is 11.6 Å². The quantitative estimate of drug-likeness (QED) is 0.232. The zero-order chi connectivity index (χ0) is 25.4. The van der Waals surface area contributed by atoms with Crippen molar-refractivity contribution in [2.24, 2.45) is 0 Å². The normalized spacial score (nSPS) is 13.7. The van der Waals surface area contributed by atoms with E-state index in [9.17, 15) is 20.0 Å². The predicted molar refractivity (Wildman–Crippen MR) is 135 cm³/mol. The molecule has 10 nitrogen and oxygen atoms in total. The Morgan fingerprint density at radius 1 is 1.11 bits per heavy atom. The minimum atomic E-state index is -0.532. The fourth-order valence-corrected chi connectivity index (χ4v) is 4.37. The van der Waals surface area contributed by atoms with E-state index in [2.05, 4.69) is 10.3 Å². The summed E-state index contributed by atoms with van der Waals surface area (Å²) in [6, 6.07) is 12.7. The molecule has 2 N–H and O–H groups in total. The molecule has 5 rings (SSSR count). The third kappa shape index (κ3) is 4.46. The number of nitro groups is 1. The van der Waals surface area contributed by atoms with Gasteiger partial charge in [0, 0.05) is 30.9 Å². The van der Waals surface area contributed by atoms with Crippen molar-refractivity contribution in [3.63, 3.8) is 0 Å². The SMILES string of the molecule is Cc1cc(C)c2oc(-c3cc(NC(=O)c4cc([N+](=O)[O-])ccc4N4CCOCC4)ccc3O)nc2c1.